The molecule has 0 unspecified atom stereocenters. The minimum Gasteiger partial charge on any atom is -0.355 e. The molecule has 3 rings (SSSR count). The number of halogens is 1. The Bertz CT molecular complexity index is 745. The molecule has 1 saturated heterocycles. The van der Waals surface area contributed by atoms with Crippen molar-refractivity contribution in [1.82, 2.24) is 10.7 Å². The quantitative estimate of drug-likeness (QED) is 0.477. The lowest BCUT2D eigenvalue weighted by Gasteiger charge is -2.15. The molecule has 5 nitrogen and oxygen atoms in total. The summed E-state index contributed by atoms with van der Waals surface area (Å²) in [5.41, 5.74) is 3.44. The van der Waals surface area contributed by atoms with Gasteiger partial charge in [-0.05, 0) is 27.6 Å². The first-order valence-electron chi connectivity index (χ1n) is 7.05. The minimum absolute atomic E-state index is 0.171. The Morgan fingerprint density at radius 2 is 2.17 bits per heavy atom. The SMILES string of the molecule is O=C1NC[C@H](c2ccccc2)[C@H]1C(=O)N/N=C\c1cc(Br)cs1. The van der Waals surface area contributed by atoms with Crippen molar-refractivity contribution in [3.05, 3.63) is 56.7 Å². The number of nitrogens with one attached hydrogen (secondary N) is 2. The van der Waals surface area contributed by atoms with E-state index in [9.17, 15) is 9.59 Å². The molecule has 0 spiro atoms. The van der Waals surface area contributed by atoms with E-state index < -0.39 is 5.92 Å². The van der Waals surface area contributed by atoms with E-state index in [4.69, 9.17) is 0 Å². The lowest BCUT2D eigenvalue weighted by atomic mass is 9.88. The monoisotopic (exact) mass is 391 g/mol. The van der Waals surface area contributed by atoms with Crippen LogP contribution in [0.2, 0.25) is 0 Å². The predicted octanol–water partition coefficient (Wildman–Crippen LogP) is 2.49. The van der Waals surface area contributed by atoms with Crippen LogP contribution in [0.4, 0.5) is 0 Å². The third kappa shape index (κ3) is 3.68. The van der Waals surface area contributed by atoms with Crippen molar-refractivity contribution < 1.29 is 9.59 Å². The Labute approximate surface area is 145 Å². The Morgan fingerprint density at radius 3 is 2.87 bits per heavy atom. The van der Waals surface area contributed by atoms with Crippen LogP contribution >= 0.6 is 27.3 Å². The summed E-state index contributed by atoms with van der Waals surface area (Å²) in [6, 6.07) is 11.5. The van der Waals surface area contributed by atoms with E-state index in [0.717, 1.165) is 14.9 Å². The van der Waals surface area contributed by atoms with Gasteiger partial charge in [-0.25, -0.2) is 5.43 Å². The average molecular weight is 392 g/mol. The predicted molar refractivity (Wildman–Crippen MR) is 93.4 cm³/mol. The largest absolute Gasteiger partial charge is 0.355 e. The zero-order chi connectivity index (χ0) is 16.2. The number of hydrazone groups is 1. The number of hydrogen-bond acceptors (Lipinski definition) is 4. The van der Waals surface area contributed by atoms with Crippen molar-refractivity contribution >= 4 is 45.3 Å². The van der Waals surface area contributed by atoms with Crippen molar-refractivity contribution in [3.8, 4) is 0 Å². The van der Waals surface area contributed by atoms with Gasteiger partial charge in [0.25, 0.3) is 5.91 Å². The summed E-state index contributed by atoms with van der Waals surface area (Å²) in [6.07, 6.45) is 1.57. The van der Waals surface area contributed by atoms with Crippen molar-refractivity contribution in [2.24, 2.45) is 11.0 Å². The van der Waals surface area contributed by atoms with Gasteiger partial charge in [-0.3, -0.25) is 9.59 Å². The highest BCUT2D eigenvalue weighted by Crippen LogP contribution is 2.29. The molecule has 2 N–H and O–H groups in total. The van der Waals surface area contributed by atoms with Crippen LogP contribution in [0.5, 0.6) is 0 Å². The smallest absolute Gasteiger partial charge is 0.253 e. The first kappa shape index (κ1) is 15.9. The second-order valence-corrected chi connectivity index (χ2v) is 7.00. The van der Waals surface area contributed by atoms with Crippen LogP contribution in [-0.2, 0) is 9.59 Å². The number of carbonyl (C=O) groups excluding carboxylic acids is 2. The van der Waals surface area contributed by atoms with E-state index in [2.05, 4.69) is 31.8 Å². The maximum atomic E-state index is 12.3. The number of amides is 2. The zero-order valence-electron chi connectivity index (χ0n) is 12.0. The molecule has 1 aliphatic heterocycles. The van der Waals surface area contributed by atoms with Gasteiger partial charge in [0.05, 0.1) is 6.21 Å². The highest BCUT2D eigenvalue weighted by atomic mass is 79.9. The Hall–Kier alpha value is -1.99. The second-order valence-electron chi connectivity index (χ2n) is 5.14. The van der Waals surface area contributed by atoms with E-state index in [1.54, 1.807) is 6.21 Å². The number of hydrogen-bond donors (Lipinski definition) is 2. The molecule has 0 aliphatic carbocycles. The maximum Gasteiger partial charge on any atom is 0.253 e. The van der Waals surface area contributed by atoms with Gasteiger partial charge in [0.15, 0.2) is 0 Å². The topological polar surface area (TPSA) is 70.6 Å². The fourth-order valence-corrected chi connectivity index (χ4v) is 3.86. The molecule has 1 aromatic heterocycles. The van der Waals surface area contributed by atoms with Crippen LogP contribution in [0, 0.1) is 5.92 Å². The summed E-state index contributed by atoms with van der Waals surface area (Å²) in [4.78, 5) is 25.3. The molecule has 2 heterocycles. The number of benzene rings is 1. The Balaban J connectivity index is 1.69. The van der Waals surface area contributed by atoms with Gasteiger partial charge < -0.3 is 5.32 Å². The average Bonchev–Trinajstić information content (AvgIpc) is 3.14. The van der Waals surface area contributed by atoms with Crippen LogP contribution in [-0.4, -0.2) is 24.6 Å². The van der Waals surface area contributed by atoms with E-state index in [-0.39, 0.29) is 17.7 Å². The molecule has 2 atom stereocenters. The molecule has 2 amide bonds. The molecule has 23 heavy (non-hydrogen) atoms. The first-order valence-corrected chi connectivity index (χ1v) is 8.72. The summed E-state index contributed by atoms with van der Waals surface area (Å²) in [6.45, 7) is 0.461. The van der Waals surface area contributed by atoms with Gasteiger partial charge in [-0.2, -0.15) is 5.10 Å². The van der Waals surface area contributed by atoms with Gasteiger partial charge in [0.1, 0.15) is 5.92 Å². The molecule has 118 valence electrons. The number of carbonyl (C=O) groups is 2. The van der Waals surface area contributed by atoms with Crippen LogP contribution in [0.1, 0.15) is 16.4 Å². The molecule has 2 aromatic rings. The third-order valence-corrected chi connectivity index (χ3v) is 5.27. The van der Waals surface area contributed by atoms with Crippen LogP contribution in [0.15, 0.2) is 51.4 Å². The third-order valence-electron chi connectivity index (χ3n) is 3.65. The van der Waals surface area contributed by atoms with Gasteiger partial charge in [0, 0.05) is 27.2 Å². The summed E-state index contributed by atoms with van der Waals surface area (Å²) >= 11 is 4.86. The van der Waals surface area contributed by atoms with E-state index in [0.29, 0.717) is 6.54 Å². The lowest BCUT2D eigenvalue weighted by molar-refractivity contribution is -0.133. The van der Waals surface area contributed by atoms with Crippen LogP contribution in [0.3, 0.4) is 0 Å². The Kier molecular flexibility index (Phi) is 4.88. The molecule has 7 heteroatoms. The molecule has 1 fully saturated rings. The van der Waals surface area contributed by atoms with Crippen molar-refractivity contribution in [2.45, 2.75) is 5.92 Å². The maximum absolute atomic E-state index is 12.3. The summed E-state index contributed by atoms with van der Waals surface area (Å²) < 4.78 is 0.967. The van der Waals surface area contributed by atoms with Crippen molar-refractivity contribution in [1.29, 1.82) is 0 Å². The Morgan fingerprint density at radius 1 is 1.39 bits per heavy atom. The van der Waals surface area contributed by atoms with Gasteiger partial charge >= 0.3 is 0 Å². The minimum atomic E-state index is -0.760. The van der Waals surface area contributed by atoms with Crippen molar-refractivity contribution in [2.75, 3.05) is 6.54 Å². The van der Waals surface area contributed by atoms with Gasteiger partial charge in [0.2, 0.25) is 5.91 Å². The molecular weight excluding hydrogens is 378 g/mol. The standard InChI is InChI=1S/C16H14BrN3O2S/c17-11-6-12(23-9-11)7-19-20-16(22)14-13(8-18-15(14)21)10-4-2-1-3-5-10/h1-7,9,13-14H,8H2,(H,18,21)(H,20,22)/b19-7-/t13-,14-/m1/s1. The lowest BCUT2D eigenvalue weighted by Crippen LogP contribution is -2.34. The molecule has 0 saturated carbocycles. The van der Waals surface area contributed by atoms with Crippen LogP contribution < -0.4 is 10.7 Å². The van der Waals surface area contributed by atoms with Crippen molar-refractivity contribution in [3.63, 3.8) is 0 Å². The number of rotatable bonds is 4. The van der Waals surface area contributed by atoms with Crippen LogP contribution in [0.25, 0.3) is 0 Å². The fourth-order valence-electron chi connectivity index (χ4n) is 2.56. The highest BCUT2D eigenvalue weighted by Gasteiger charge is 2.40. The molecular formula is C16H14BrN3O2S. The summed E-state index contributed by atoms with van der Waals surface area (Å²) in [5, 5.41) is 8.63. The summed E-state index contributed by atoms with van der Waals surface area (Å²) in [7, 11) is 0. The zero-order valence-corrected chi connectivity index (χ0v) is 14.4. The number of thiophene rings is 1. The van der Waals surface area contributed by atoms with E-state index in [1.807, 2.05) is 41.8 Å². The van der Waals surface area contributed by atoms with E-state index >= 15 is 0 Å². The highest BCUT2D eigenvalue weighted by molar-refractivity contribution is 9.10. The molecule has 0 radical (unpaired) electrons. The number of nitrogens with zero attached hydrogens (tertiary/aromatic N) is 1. The van der Waals surface area contributed by atoms with Gasteiger partial charge in [-0.1, -0.05) is 30.3 Å². The van der Waals surface area contributed by atoms with Gasteiger partial charge in [-0.15, -0.1) is 11.3 Å². The summed E-state index contributed by atoms with van der Waals surface area (Å²) in [5.74, 6) is -1.58. The molecule has 0 bridgehead atoms. The van der Waals surface area contributed by atoms with E-state index in [1.165, 1.54) is 11.3 Å². The first-order chi connectivity index (χ1) is 11.1. The second kappa shape index (κ2) is 7.06. The normalized spacial score (nSPS) is 20.7. The molecule has 1 aromatic carbocycles. The molecule has 1 aliphatic rings. The fraction of sp³-hybridized carbons (Fsp3) is 0.188.